The van der Waals surface area contributed by atoms with Gasteiger partial charge in [-0.05, 0) is 12.8 Å². The Morgan fingerprint density at radius 1 is 0.667 bits per heavy atom. The SMILES string of the molecule is C1CCOC1.CC1=C(C)C(C)(C)[C]([Zr+2][C]2=C(C)C(C)=C(C)C2(C)C)=C1C.[H-].[H-].[H-].[K+]. The second-order valence-corrected chi connectivity index (χ2v) is 12.3. The number of ether oxygens (including phenoxy) is 1. The van der Waals surface area contributed by atoms with Gasteiger partial charge in [-0.15, -0.1) is 0 Å². The van der Waals surface area contributed by atoms with Gasteiger partial charge in [-0.1, -0.05) is 0 Å². The van der Waals surface area contributed by atoms with Crippen LogP contribution in [-0.2, 0) is 28.0 Å². The standard InChI is InChI=1S/2C10H15.C4H8O.K.Zr.3H/c2*1-7-6-10(4,5)9(3)8(7)2;1-2-4-5-3-1;;;;;/h2*1-5H3;1-4H2;;;;;/q;;;+1;+2;3*-1. The van der Waals surface area contributed by atoms with Crippen LogP contribution in [0, 0.1) is 10.8 Å². The fraction of sp³-hybridized carbons (Fsp3) is 0.667. The summed E-state index contributed by atoms with van der Waals surface area (Å²) < 4.78 is 8.54. The Morgan fingerprint density at radius 3 is 1.19 bits per heavy atom. The van der Waals surface area contributed by atoms with Crippen LogP contribution in [0.5, 0.6) is 0 Å². The summed E-state index contributed by atoms with van der Waals surface area (Å²) >= 11 is -0.730. The van der Waals surface area contributed by atoms with Crippen LogP contribution < -0.4 is 51.4 Å². The van der Waals surface area contributed by atoms with Crippen molar-refractivity contribution >= 4 is 0 Å². The quantitative estimate of drug-likeness (QED) is 0.534. The molecule has 1 saturated heterocycles. The van der Waals surface area contributed by atoms with Crippen LogP contribution in [0.1, 0.15) is 86.4 Å². The van der Waals surface area contributed by atoms with Crippen LogP contribution in [0.4, 0.5) is 0 Å². The van der Waals surface area contributed by atoms with Crippen LogP contribution in [0.3, 0.4) is 0 Å². The number of rotatable bonds is 2. The Balaban J connectivity index is -0.000000714. The molecule has 0 aromatic rings. The van der Waals surface area contributed by atoms with E-state index in [9.17, 15) is 0 Å². The van der Waals surface area contributed by atoms with Gasteiger partial charge in [0.25, 0.3) is 0 Å². The topological polar surface area (TPSA) is 9.23 Å². The average molecular weight is 476 g/mol. The summed E-state index contributed by atoms with van der Waals surface area (Å²) in [4.78, 5) is 0. The molecule has 0 aromatic carbocycles. The van der Waals surface area contributed by atoms with Gasteiger partial charge in [0, 0.05) is 13.2 Å². The van der Waals surface area contributed by atoms with Crippen LogP contribution in [-0.4, -0.2) is 13.2 Å². The molecular formula is C24H41KOZr. The monoisotopic (exact) mass is 474 g/mol. The molecule has 3 rings (SSSR count). The Hall–Kier alpha value is 1.44. The Morgan fingerprint density at radius 2 is 1.00 bits per heavy atom. The third-order valence-corrected chi connectivity index (χ3v) is 13.3. The second-order valence-electron chi connectivity index (χ2n) is 9.19. The van der Waals surface area contributed by atoms with Crippen molar-refractivity contribution in [2.45, 2.75) is 82.1 Å². The third kappa shape index (κ3) is 5.20. The molecule has 0 aromatic heterocycles. The molecule has 0 unspecified atom stereocenters. The first kappa shape index (κ1) is 26.5. The predicted octanol–water partition coefficient (Wildman–Crippen LogP) is 4.51. The fourth-order valence-corrected chi connectivity index (χ4v) is 9.24. The van der Waals surface area contributed by atoms with E-state index in [1.54, 1.807) is 40.0 Å². The molecule has 3 heteroatoms. The van der Waals surface area contributed by atoms with Crippen LogP contribution in [0.2, 0.25) is 0 Å². The van der Waals surface area contributed by atoms with Gasteiger partial charge >= 0.3 is 195 Å². The molecule has 1 aliphatic heterocycles. The molecule has 0 N–H and O–H groups in total. The van der Waals surface area contributed by atoms with Crippen LogP contribution in [0.15, 0.2) is 40.0 Å². The van der Waals surface area contributed by atoms with Crippen molar-refractivity contribution in [3.8, 4) is 0 Å². The normalized spacial score (nSPS) is 23.5. The number of hydrogen-bond acceptors (Lipinski definition) is 1. The number of hydrogen-bond donors (Lipinski definition) is 0. The molecule has 3 aliphatic rings. The minimum atomic E-state index is -0.730. The molecular weight excluding hydrogens is 435 g/mol. The molecule has 1 fully saturated rings. The predicted molar refractivity (Wildman–Crippen MR) is 113 cm³/mol. The molecule has 0 saturated carbocycles. The second kappa shape index (κ2) is 10.2. The summed E-state index contributed by atoms with van der Waals surface area (Å²) in [6.45, 7) is 25.7. The molecule has 0 amide bonds. The van der Waals surface area contributed by atoms with Gasteiger partial charge in [0.1, 0.15) is 0 Å². The van der Waals surface area contributed by atoms with E-state index in [2.05, 4.69) is 69.2 Å². The first-order chi connectivity index (χ1) is 11.9. The largest absolute Gasteiger partial charge is 1.00 e. The van der Waals surface area contributed by atoms with Crippen LogP contribution in [0.25, 0.3) is 0 Å². The van der Waals surface area contributed by atoms with E-state index in [1.807, 2.05) is 0 Å². The molecule has 1 heterocycles. The molecule has 0 radical (unpaired) electrons. The van der Waals surface area contributed by atoms with Gasteiger partial charge in [0.15, 0.2) is 0 Å². The van der Waals surface area contributed by atoms with E-state index < -0.39 is 23.2 Å². The molecule has 0 atom stereocenters. The summed E-state index contributed by atoms with van der Waals surface area (Å²) in [6, 6.07) is 0. The van der Waals surface area contributed by atoms with Crippen molar-refractivity contribution in [1.82, 2.24) is 0 Å². The van der Waals surface area contributed by atoms with Crippen molar-refractivity contribution < 1.29 is 83.6 Å². The molecule has 1 nitrogen and oxygen atoms in total. The zero-order valence-corrected chi connectivity index (χ0v) is 25.3. The minimum absolute atomic E-state index is 0. The Bertz CT molecular complexity index is 663. The first-order valence-electron chi connectivity index (χ1n) is 10.1. The Labute approximate surface area is 227 Å². The van der Waals surface area contributed by atoms with E-state index in [-0.39, 0.29) is 66.5 Å². The Kier molecular flexibility index (Phi) is 9.97. The van der Waals surface area contributed by atoms with Crippen molar-refractivity contribution in [3.63, 3.8) is 0 Å². The summed E-state index contributed by atoms with van der Waals surface area (Å²) in [7, 11) is 0. The fourth-order valence-electron chi connectivity index (χ4n) is 4.32. The van der Waals surface area contributed by atoms with Gasteiger partial charge < -0.3 is 9.02 Å². The molecule has 2 aliphatic carbocycles. The van der Waals surface area contributed by atoms with Gasteiger partial charge in [-0.3, -0.25) is 0 Å². The summed E-state index contributed by atoms with van der Waals surface area (Å²) in [5.74, 6) is 0. The van der Waals surface area contributed by atoms with Gasteiger partial charge in [0.05, 0.1) is 0 Å². The van der Waals surface area contributed by atoms with E-state index in [4.69, 9.17) is 4.74 Å². The van der Waals surface area contributed by atoms with E-state index in [0.29, 0.717) is 0 Å². The maximum absolute atomic E-state index is 4.94. The molecule has 148 valence electrons. The summed E-state index contributed by atoms with van der Waals surface area (Å²) in [5.41, 5.74) is 10.0. The molecule has 0 bridgehead atoms. The van der Waals surface area contributed by atoms with Crippen molar-refractivity contribution in [3.05, 3.63) is 40.0 Å². The molecule has 27 heavy (non-hydrogen) atoms. The van der Waals surface area contributed by atoms with Gasteiger partial charge in [-0.2, -0.15) is 0 Å². The van der Waals surface area contributed by atoms with Crippen molar-refractivity contribution in [2.24, 2.45) is 10.8 Å². The van der Waals surface area contributed by atoms with Crippen molar-refractivity contribution in [1.29, 1.82) is 0 Å². The van der Waals surface area contributed by atoms with Crippen molar-refractivity contribution in [2.75, 3.05) is 13.2 Å². The van der Waals surface area contributed by atoms with E-state index >= 15 is 0 Å². The smallest absolute Gasteiger partial charge is 1.00 e. The number of allylic oxidation sites excluding steroid dienone is 8. The zero-order valence-electron chi connectivity index (χ0n) is 22.7. The average Bonchev–Trinajstić information content (AvgIpc) is 3.24. The van der Waals surface area contributed by atoms with Crippen LogP contribution >= 0.6 is 0 Å². The van der Waals surface area contributed by atoms with E-state index in [1.165, 1.54) is 12.8 Å². The maximum Gasteiger partial charge on any atom is 1.00 e. The minimum Gasteiger partial charge on any atom is -1.00 e. The van der Waals surface area contributed by atoms with Gasteiger partial charge in [-0.25, -0.2) is 0 Å². The molecule has 0 spiro atoms. The zero-order chi connectivity index (χ0) is 19.9. The third-order valence-electron chi connectivity index (χ3n) is 7.20. The summed E-state index contributed by atoms with van der Waals surface area (Å²) in [6.07, 6.45) is 2.56. The van der Waals surface area contributed by atoms with Gasteiger partial charge in [0.2, 0.25) is 0 Å². The summed E-state index contributed by atoms with van der Waals surface area (Å²) in [5, 5.41) is 0. The van der Waals surface area contributed by atoms with E-state index in [0.717, 1.165) is 13.2 Å². The first-order valence-corrected chi connectivity index (χ1v) is 12.5. The maximum atomic E-state index is 4.94.